The average molecular weight is 182 g/mol. The van der Waals surface area contributed by atoms with Crippen LogP contribution in [0.15, 0.2) is 0 Å². The minimum absolute atomic E-state index is 0.220. The van der Waals surface area contributed by atoms with E-state index < -0.39 is 0 Å². The molecule has 3 heteroatoms. The summed E-state index contributed by atoms with van der Waals surface area (Å²) < 4.78 is 0. The van der Waals surface area contributed by atoms with E-state index in [1.165, 1.54) is 6.42 Å². The fourth-order valence-corrected chi connectivity index (χ4v) is 2.12. The topological polar surface area (TPSA) is 46.3 Å². The van der Waals surface area contributed by atoms with E-state index in [9.17, 15) is 4.79 Å². The van der Waals surface area contributed by atoms with Crippen molar-refractivity contribution in [3.8, 4) is 0 Å². The van der Waals surface area contributed by atoms with E-state index in [-0.39, 0.29) is 6.04 Å². The molecule has 0 aromatic rings. The van der Waals surface area contributed by atoms with Crippen molar-refractivity contribution < 1.29 is 4.79 Å². The molecule has 2 N–H and O–H groups in total. The Labute approximate surface area is 79.3 Å². The molecule has 0 aromatic heterocycles. The third-order valence-electron chi connectivity index (χ3n) is 3.22. The van der Waals surface area contributed by atoms with Gasteiger partial charge in [-0.15, -0.1) is 0 Å². The molecule has 2 fully saturated rings. The number of carbonyl (C=O) groups is 1. The van der Waals surface area contributed by atoms with Crippen molar-refractivity contribution in [3.05, 3.63) is 0 Å². The van der Waals surface area contributed by atoms with E-state index in [4.69, 9.17) is 5.73 Å². The molecule has 13 heavy (non-hydrogen) atoms. The van der Waals surface area contributed by atoms with Crippen molar-refractivity contribution >= 4 is 5.91 Å². The lowest BCUT2D eigenvalue weighted by Gasteiger charge is -2.36. The van der Waals surface area contributed by atoms with Crippen LogP contribution in [0.5, 0.6) is 0 Å². The van der Waals surface area contributed by atoms with Crippen LogP contribution in [0.4, 0.5) is 0 Å². The highest BCUT2D eigenvalue weighted by Crippen LogP contribution is 2.29. The molecule has 1 aliphatic heterocycles. The highest BCUT2D eigenvalue weighted by molar-refractivity contribution is 5.79. The zero-order valence-corrected chi connectivity index (χ0v) is 8.04. The predicted molar refractivity (Wildman–Crippen MR) is 51.1 cm³/mol. The average Bonchev–Trinajstić information content (AvgIpc) is 2.01. The number of rotatable bonds is 1. The number of piperidine rings is 1. The normalized spacial score (nSPS) is 29.9. The van der Waals surface area contributed by atoms with Gasteiger partial charge < -0.3 is 10.6 Å². The van der Waals surface area contributed by atoms with Gasteiger partial charge in [0, 0.05) is 25.0 Å². The lowest BCUT2D eigenvalue weighted by molar-refractivity contribution is -0.139. The van der Waals surface area contributed by atoms with Crippen LogP contribution in [0.1, 0.15) is 32.1 Å². The number of nitrogens with zero attached hydrogens (tertiary/aromatic N) is 1. The monoisotopic (exact) mass is 182 g/mol. The first-order chi connectivity index (χ1) is 6.27. The Kier molecular flexibility index (Phi) is 2.54. The Morgan fingerprint density at radius 3 is 2.54 bits per heavy atom. The van der Waals surface area contributed by atoms with E-state index in [1.807, 2.05) is 4.90 Å². The van der Waals surface area contributed by atoms with Crippen molar-refractivity contribution in [1.82, 2.24) is 4.90 Å². The van der Waals surface area contributed by atoms with E-state index >= 15 is 0 Å². The number of hydrogen-bond acceptors (Lipinski definition) is 2. The Morgan fingerprint density at radius 1 is 1.23 bits per heavy atom. The fourth-order valence-electron chi connectivity index (χ4n) is 2.12. The van der Waals surface area contributed by atoms with Crippen molar-refractivity contribution in [3.63, 3.8) is 0 Å². The smallest absolute Gasteiger partial charge is 0.225 e. The molecule has 74 valence electrons. The molecule has 1 aliphatic carbocycles. The summed E-state index contributed by atoms with van der Waals surface area (Å²) in [7, 11) is 0. The summed E-state index contributed by atoms with van der Waals surface area (Å²) in [4.78, 5) is 13.8. The lowest BCUT2D eigenvalue weighted by atomic mass is 9.84. The third-order valence-corrected chi connectivity index (χ3v) is 3.22. The highest BCUT2D eigenvalue weighted by atomic mass is 16.2. The molecule has 0 bridgehead atoms. The fraction of sp³-hybridized carbons (Fsp3) is 0.900. The summed E-state index contributed by atoms with van der Waals surface area (Å²) in [6.07, 6.45) is 5.60. The van der Waals surface area contributed by atoms with Crippen LogP contribution in [0, 0.1) is 5.92 Å². The molecule has 0 spiro atoms. The van der Waals surface area contributed by atoms with Crippen molar-refractivity contribution in [2.24, 2.45) is 11.7 Å². The number of likely N-dealkylation sites (tertiary alicyclic amines) is 1. The van der Waals surface area contributed by atoms with Gasteiger partial charge in [0.15, 0.2) is 0 Å². The molecule has 0 radical (unpaired) electrons. The third kappa shape index (κ3) is 1.85. The van der Waals surface area contributed by atoms with Gasteiger partial charge in [0.1, 0.15) is 0 Å². The summed E-state index contributed by atoms with van der Waals surface area (Å²) in [6, 6.07) is 0.220. The second-order valence-corrected chi connectivity index (χ2v) is 4.31. The molecular weight excluding hydrogens is 164 g/mol. The molecular formula is C10H18N2O. The van der Waals surface area contributed by atoms with Crippen molar-refractivity contribution in [1.29, 1.82) is 0 Å². The molecule has 0 unspecified atom stereocenters. The predicted octanol–water partition coefficient (Wildman–Crippen LogP) is 0.736. The largest absolute Gasteiger partial charge is 0.341 e. The summed E-state index contributed by atoms with van der Waals surface area (Å²) in [5, 5.41) is 0. The summed E-state index contributed by atoms with van der Waals surface area (Å²) >= 11 is 0. The van der Waals surface area contributed by atoms with E-state index in [2.05, 4.69) is 0 Å². The Balaban J connectivity index is 1.87. The molecule has 1 saturated heterocycles. The minimum atomic E-state index is 0.220. The SMILES string of the molecule is N[C@H]1CCCN(C(=O)C2CCC2)C1. The number of carbonyl (C=O) groups excluding carboxylic acids is 1. The van der Waals surface area contributed by atoms with Crippen LogP contribution in [0.2, 0.25) is 0 Å². The maximum atomic E-state index is 11.8. The zero-order chi connectivity index (χ0) is 9.26. The van der Waals surface area contributed by atoms with Crippen LogP contribution < -0.4 is 5.73 Å². The van der Waals surface area contributed by atoms with Gasteiger partial charge in [0.2, 0.25) is 5.91 Å². The zero-order valence-electron chi connectivity index (χ0n) is 8.04. The van der Waals surface area contributed by atoms with Crippen molar-refractivity contribution in [2.45, 2.75) is 38.1 Å². The maximum absolute atomic E-state index is 11.8. The van der Waals surface area contributed by atoms with Gasteiger partial charge in [-0.2, -0.15) is 0 Å². The number of amides is 1. The molecule has 1 amide bonds. The van der Waals surface area contributed by atoms with E-state index in [0.717, 1.165) is 38.8 Å². The van der Waals surface area contributed by atoms with E-state index in [1.54, 1.807) is 0 Å². The summed E-state index contributed by atoms with van der Waals surface area (Å²) in [5.41, 5.74) is 5.83. The molecule has 1 atom stereocenters. The second kappa shape index (κ2) is 3.66. The first-order valence-corrected chi connectivity index (χ1v) is 5.32. The summed E-state index contributed by atoms with van der Waals surface area (Å²) in [5.74, 6) is 0.701. The van der Waals surface area contributed by atoms with Gasteiger partial charge in [0.05, 0.1) is 0 Å². The van der Waals surface area contributed by atoms with Gasteiger partial charge >= 0.3 is 0 Å². The van der Waals surface area contributed by atoms with Crippen LogP contribution in [0.25, 0.3) is 0 Å². The van der Waals surface area contributed by atoms with Crippen LogP contribution in [0.3, 0.4) is 0 Å². The highest BCUT2D eigenvalue weighted by Gasteiger charge is 2.31. The van der Waals surface area contributed by atoms with Gasteiger partial charge in [-0.05, 0) is 25.7 Å². The lowest BCUT2D eigenvalue weighted by Crippen LogP contribution is -2.48. The molecule has 2 aliphatic rings. The molecule has 3 nitrogen and oxygen atoms in total. The van der Waals surface area contributed by atoms with Crippen LogP contribution in [-0.2, 0) is 4.79 Å². The molecule has 2 rings (SSSR count). The van der Waals surface area contributed by atoms with Crippen LogP contribution >= 0.6 is 0 Å². The van der Waals surface area contributed by atoms with Gasteiger partial charge in [-0.3, -0.25) is 4.79 Å². The van der Waals surface area contributed by atoms with E-state index in [0.29, 0.717) is 11.8 Å². The minimum Gasteiger partial charge on any atom is -0.341 e. The molecule has 0 aromatic carbocycles. The molecule has 1 saturated carbocycles. The van der Waals surface area contributed by atoms with Gasteiger partial charge in [-0.1, -0.05) is 6.42 Å². The Morgan fingerprint density at radius 2 is 2.00 bits per heavy atom. The number of hydrogen-bond donors (Lipinski definition) is 1. The van der Waals surface area contributed by atoms with Crippen molar-refractivity contribution in [2.75, 3.05) is 13.1 Å². The maximum Gasteiger partial charge on any atom is 0.225 e. The first-order valence-electron chi connectivity index (χ1n) is 5.32. The van der Waals surface area contributed by atoms with Gasteiger partial charge in [-0.25, -0.2) is 0 Å². The number of nitrogens with two attached hydrogens (primary N) is 1. The Hall–Kier alpha value is -0.570. The standard InChI is InChI=1S/C10H18N2O/c11-9-5-2-6-12(7-9)10(13)8-3-1-4-8/h8-9H,1-7,11H2/t9-/m0/s1. The quantitative estimate of drug-likeness (QED) is 0.650. The van der Waals surface area contributed by atoms with Crippen LogP contribution in [-0.4, -0.2) is 29.9 Å². The molecule has 1 heterocycles. The van der Waals surface area contributed by atoms with Gasteiger partial charge in [0.25, 0.3) is 0 Å². The summed E-state index contributed by atoms with van der Waals surface area (Å²) in [6.45, 7) is 1.72. The second-order valence-electron chi connectivity index (χ2n) is 4.31. The first kappa shape index (κ1) is 9.00. The Bertz CT molecular complexity index is 201.